The van der Waals surface area contributed by atoms with Crippen LogP contribution in [0.4, 0.5) is 5.69 Å². The number of nitro groups is 1. The van der Waals surface area contributed by atoms with Crippen LogP contribution in [0.2, 0.25) is 0 Å². The molecule has 8 nitrogen and oxygen atoms in total. The van der Waals surface area contributed by atoms with Crippen LogP contribution in [0.1, 0.15) is 16.1 Å². The van der Waals surface area contributed by atoms with Gasteiger partial charge in [-0.2, -0.15) is 0 Å². The van der Waals surface area contributed by atoms with Crippen LogP contribution < -0.4 is 10.6 Å². The van der Waals surface area contributed by atoms with E-state index in [-0.39, 0.29) is 17.1 Å². The zero-order valence-corrected chi connectivity index (χ0v) is 12.1. The Bertz CT molecular complexity index is 748. The highest BCUT2D eigenvalue weighted by Crippen LogP contribution is 2.14. The number of carbonyl (C=O) groups is 2. The molecule has 0 radical (unpaired) electrons. The number of amides is 2. The van der Waals surface area contributed by atoms with E-state index < -0.39 is 16.7 Å². The Morgan fingerprint density at radius 3 is 2.43 bits per heavy atom. The second kappa shape index (κ2) is 7.03. The molecular weight excluding hydrogens is 302 g/mol. The molecule has 0 saturated heterocycles. The van der Waals surface area contributed by atoms with E-state index in [2.05, 4.69) is 10.6 Å². The number of hydrogen-bond acceptors (Lipinski definition) is 5. The first-order valence-corrected chi connectivity index (χ1v) is 6.54. The zero-order valence-electron chi connectivity index (χ0n) is 12.1. The van der Waals surface area contributed by atoms with Gasteiger partial charge in [0.2, 0.25) is 0 Å². The Kier molecular flexibility index (Phi) is 4.88. The lowest BCUT2D eigenvalue weighted by Crippen LogP contribution is -2.32. The highest BCUT2D eigenvalue weighted by molar-refractivity contribution is 6.04. The Labute approximate surface area is 130 Å². The molecular formula is C15H13N3O5. The third-order valence-corrected chi connectivity index (χ3v) is 2.88. The normalized spacial score (nSPS) is 10.9. The van der Waals surface area contributed by atoms with Crippen LogP contribution in [0.5, 0.6) is 0 Å². The number of furan rings is 1. The zero-order chi connectivity index (χ0) is 16.8. The lowest BCUT2D eigenvalue weighted by Gasteiger charge is -2.07. The third kappa shape index (κ3) is 4.03. The van der Waals surface area contributed by atoms with Gasteiger partial charge in [0, 0.05) is 19.2 Å². The largest absolute Gasteiger partial charge is 0.459 e. The smallest absolute Gasteiger partial charge is 0.291 e. The molecule has 0 atom stereocenters. The van der Waals surface area contributed by atoms with Crippen LogP contribution in [0.3, 0.4) is 0 Å². The molecule has 2 N–H and O–H groups in total. The van der Waals surface area contributed by atoms with Gasteiger partial charge < -0.3 is 15.1 Å². The van der Waals surface area contributed by atoms with Crippen LogP contribution in [-0.4, -0.2) is 23.8 Å². The van der Waals surface area contributed by atoms with Gasteiger partial charge in [0.15, 0.2) is 5.76 Å². The molecule has 2 amide bonds. The molecule has 1 heterocycles. The number of carbonyl (C=O) groups excluding carboxylic acids is 2. The fraction of sp³-hybridized carbons (Fsp3) is 0.0667. The lowest BCUT2D eigenvalue weighted by atomic mass is 10.1. The average molecular weight is 315 g/mol. The number of non-ortho nitro benzene ring substituents is 1. The minimum atomic E-state index is -0.577. The summed E-state index contributed by atoms with van der Waals surface area (Å²) in [6.07, 6.45) is 2.75. The summed E-state index contributed by atoms with van der Waals surface area (Å²) in [6, 6.07) is 8.57. The van der Waals surface area contributed by atoms with Gasteiger partial charge in [0.25, 0.3) is 17.5 Å². The molecule has 0 spiro atoms. The van der Waals surface area contributed by atoms with Crippen molar-refractivity contribution < 1.29 is 18.9 Å². The SMILES string of the molecule is CNC(=O)/C(=C/c1ccc([N+](=O)[O-])cc1)NC(=O)c1ccco1. The topological polar surface area (TPSA) is 114 Å². The van der Waals surface area contributed by atoms with Gasteiger partial charge in [0.05, 0.1) is 11.2 Å². The van der Waals surface area contributed by atoms with E-state index in [1.807, 2.05) is 0 Å². The highest BCUT2D eigenvalue weighted by atomic mass is 16.6. The maximum atomic E-state index is 12.0. The monoisotopic (exact) mass is 315 g/mol. The van der Waals surface area contributed by atoms with E-state index in [0.29, 0.717) is 5.56 Å². The first-order valence-electron chi connectivity index (χ1n) is 6.54. The molecule has 0 aliphatic heterocycles. The molecule has 0 unspecified atom stereocenters. The van der Waals surface area contributed by atoms with Crippen LogP contribution in [-0.2, 0) is 4.79 Å². The standard InChI is InChI=1S/C15H13N3O5/c1-16-14(19)12(17-15(20)13-3-2-8-23-13)9-10-4-6-11(7-5-10)18(21)22/h2-9H,1H3,(H,16,19)(H,17,20)/b12-9-. The second-order valence-corrected chi connectivity index (χ2v) is 4.42. The molecule has 0 aliphatic rings. The molecule has 0 bridgehead atoms. The van der Waals surface area contributed by atoms with Crippen molar-refractivity contribution in [3.63, 3.8) is 0 Å². The van der Waals surface area contributed by atoms with Crippen LogP contribution in [0, 0.1) is 10.1 Å². The molecule has 118 valence electrons. The van der Waals surface area contributed by atoms with Crippen molar-refractivity contribution in [1.82, 2.24) is 10.6 Å². The van der Waals surface area contributed by atoms with E-state index in [1.165, 1.54) is 49.7 Å². The summed E-state index contributed by atoms with van der Waals surface area (Å²) in [4.78, 5) is 33.9. The van der Waals surface area contributed by atoms with Crippen LogP contribution >= 0.6 is 0 Å². The van der Waals surface area contributed by atoms with Gasteiger partial charge in [-0.05, 0) is 35.9 Å². The minimum Gasteiger partial charge on any atom is -0.459 e. The Balaban J connectivity index is 2.25. The van der Waals surface area contributed by atoms with Gasteiger partial charge >= 0.3 is 0 Å². The number of rotatable bonds is 5. The molecule has 1 aromatic heterocycles. The number of nitrogens with zero attached hydrogens (tertiary/aromatic N) is 1. The van der Waals surface area contributed by atoms with Crippen molar-refractivity contribution in [3.8, 4) is 0 Å². The molecule has 0 aliphatic carbocycles. The van der Waals surface area contributed by atoms with Crippen molar-refractivity contribution in [2.45, 2.75) is 0 Å². The number of benzene rings is 1. The Morgan fingerprint density at radius 2 is 1.91 bits per heavy atom. The van der Waals surface area contributed by atoms with Crippen molar-refractivity contribution in [1.29, 1.82) is 0 Å². The maximum absolute atomic E-state index is 12.0. The van der Waals surface area contributed by atoms with Gasteiger partial charge in [0.1, 0.15) is 5.70 Å². The van der Waals surface area contributed by atoms with Gasteiger partial charge in [-0.1, -0.05) is 0 Å². The van der Waals surface area contributed by atoms with Gasteiger partial charge in [-0.15, -0.1) is 0 Å². The van der Waals surface area contributed by atoms with Crippen LogP contribution in [0.15, 0.2) is 52.8 Å². The van der Waals surface area contributed by atoms with Crippen LogP contribution in [0.25, 0.3) is 6.08 Å². The lowest BCUT2D eigenvalue weighted by molar-refractivity contribution is -0.384. The number of hydrogen-bond donors (Lipinski definition) is 2. The fourth-order valence-electron chi connectivity index (χ4n) is 1.74. The average Bonchev–Trinajstić information content (AvgIpc) is 3.08. The molecule has 23 heavy (non-hydrogen) atoms. The minimum absolute atomic E-state index is 0.0113. The number of nitro benzene ring substituents is 1. The van der Waals surface area contributed by atoms with Gasteiger partial charge in [-0.25, -0.2) is 0 Å². The summed E-state index contributed by atoms with van der Waals surface area (Å²) in [6.45, 7) is 0. The molecule has 2 aromatic rings. The number of nitrogens with one attached hydrogen (secondary N) is 2. The van der Waals surface area contributed by atoms with E-state index >= 15 is 0 Å². The first-order chi connectivity index (χ1) is 11.0. The number of likely N-dealkylation sites (N-methyl/N-ethyl adjacent to an activating group) is 1. The quantitative estimate of drug-likeness (QED) is 0.495. The fourth-order valence-corrected chi connectivity index (χ4v) is 1.74. The first kappa shape index (κ1) is 16.0. The summed E-state index contributed by atoms with van der Waals surface area (Å²) in [5.41, 5.74) is 0.444. The van der Waals surface area contributed by atoms with E-state index in [9.17, 15) is 19.7 Å². The summed E-state index contributed by atoms with van der Waals surface area (Å²) >= 11 is 0. The molecule has 2 rings (SSSR count). The summed E-state index contributed by atoms with van der Waals surface area (Å²) in [5, 5.41) is 15.5. The van der Waals surface area contributed by atoms with Crippen molar-refractivity contribution in [2.75, 3.05) is 7.05 Å². The molecule has 0 fully saturated rings. The molecule has 0 saturated carbocycles. The van der Waals surface area contributed by atoms with Crippen molar-refractivity contribution in [2.24, 2.45) is 0 Å². The predicted octanol–water partition coefficient (Wildman–Crippen LogP) is 1.70. The van der Waals surface area contributed by atoms with E-state index in [1.54, 1.807) is 6.07 Å². The van der Waals surface area contributed by atoms with Crippen molar-refractivity contribution in [3.05, 3.63) is 69.8 Å². The predicted molar refractivity (Wildman–Crippen MR) is 81.3 cm³/mol. The third-order valence-electron chi connectivity index (χ3n) is 2.88. The van der Waals surface area contributed by atoms with Gasteiger partial charge in [-0.3, -0.25) is 19.7 Å². The maximum Gasteiger partial charge on any atom is 0.291 e. The molecule has 8 heteroatoms. The molecule has 1 aromatic carbocycles. The Hall–Kier alpha value is -3.42. The second-order valence-electron chi connectivity index (χ2n) is 4.42. The Morgan fingerprint density at radius 1 is 1.22 bits per heavy atom. The van der Waals surface area contributed by atoms with E-state index in [4.69, 9.17) is 4.42 Å². The highest BCUT2D eigenvalue weighted by Gasteiger charge is 2.15. The van der Waals surface area contributed by atoms with E-state index in [0.717, 1.165) is 0 Å². The summed E-state index contributed by atoms with van der Waals surface area (Å²) in [5.74, 6) is -1.03. The summed E-state index contributed by atoms with van der Waals surface area (Å²) in [7, 11) is 1.42. The summed E-state index contributed by atoms with van der Waals surface area (Å²) < 4.78 is 4.96. The van der Waals surface area contributed by atoms with Crippen molar-refractivity contribution >= 4 is 23.6 Å².